The van der Waals surface area contributed by atoms with Crippen LogP contribution in [-0.2, 0) is 24.1 Å². The fourth-order valence-electron chi connectivity index (χ4n) is 1.61. The summed E-state index contributed by atoms with van der Waals surface area (Å²) in [5.41, 5.74) is 5.70. The van der Waals surface area contributed by atoms with Crippen molar-refractivity contribution in [3.05, 3.63) is 23.8 Å². The van der Waals surface area contributed by atoms with Gasteiger partial charge in [0, 0.05) is 19.1 Å². The van der Waals surface area contributed by atoms with Crippen LogP contribution >= 0.6 is 12.4 Å². The van der Waals surface area contributed by atoms with Crippen molar-refractivity contribution in [3.8, 4) is 0 Å². The van der Waals surface area contributed by atoms with Gasteiger partial charge < -0.3 is 20.5 Å². The molecule has 8 nitrogen and oxygen atoms in total. The first-order chi connectivity index (χ1) is 10.2. The van der Waals surface area contributed by atoms with Crippen molar-refractivity contribution in [1.82, 2.24) is 0 Å². The Labute approximate surface area is 140 Å². The summed E-state index contributed by atoms with van der Waals surface area (Å²) < 4.78 is 32.6. The summed E-state index contributed by atoms with van der Waals surface area (Å²) in [5, 5.41) is 2.44. The van der Waals surface area contributed by atoms with Gasteiger partial charge in [0.1, 0.15) is 6.04 Å². The molecule has 0 aliphatic carbocycles. The number of sulfone groups is 1. The second-order valence-corrected chi connectivity index (χ2v) is 6.58. The number of nitrogens with two attached hydrogens (primary N) is 1. The molecule has 0 aliphatic rings. The topological polar surface area (TPSA) is 125 Å². The molecule has 0 aliphatic heterocycles. The van der Waals surface area contributed by atoms with Crippen LogP contribution in [0.4, 0.5) is 5.69 Å². The van der Waals surface area contributed by atoms with Gasteiger partial charge in [-0.05, 0) is 18.2 Å². The Morgan fingerprint density at radius 3 is 2.35 bits per heavy atom. The maximum atomic E-state index is 11.8. The Morgan fingerprint density at radius 2 is 1.87 bits per heavy atom. The summed E-state index contributed by atoms with van der Waals surface area (Å²) >= 11 is 0. The molecule has 0 saturated carbocycles. The molecule has 0 aromatic heterocycles. The van der Waals surface area contributed by atoms with E-state index in [-0.39, 0.29) is 35.2 Å². The summed E-state index contributed by atoms with van der Waals surface area (Å²) in [6.45, 7) is 0.00145. The molecule has 0 spiro atoms. The van der Waals surface area contributed by atoms with Crippen molar-refractivity contribution >= 4 is 39.8 Å². The molecule has 23 heavy (non-hydrogen) atoms. The van der Waals surface area contributed by atoms with Gasteiger partial charge in [0.05, 0.1) is 24.2 Å². The number of nitrogens with one attached hydrogen (secondary N) is 1. The number of ether oxygens (including phenoxy) is 2. The van der Waals surface area contributed by atoms with Crippen LogP contribution in [0.25, 0.3) is 0 Å². The van der Waals surface area contributed by atoms with E-state index in [1.807, 2.05) is 0 Å². The Kier molecular flexibility index (Phi) is 8.18. The van der Waals surface area contributed by atoms with E-state index >= 15 is 0 Å². The van der Waals surface area contributed by atoms with Gasteiger partial charge in [0.2, 0.25) is 5.91 Å². The predicted octanol–water partition coefficient (Wildman–Crippen LogP) is 0.211. The van der Waals surface area contributed by atoms with Crippen LogP contribution in [0.2, 0.25) is 0 Å². The SMILES string of the molecule is COCC(N)C(=O)Nc1cc(C(=O)OC)cc(S(C)(=O)=O)c1.Cl. The van der Waals surface area contributed by atoms with Gasteiger partial charge in [-0.15, -0.1) is 12.4 Å². The van der Waals surface area contributed by atoms with E-state index < -0.39 is 27.8 Å². The molecule has 0 fully saturated rings. The maximum Gasteiger partial charge on any atom is 0.337 e. The minimum absolute atomic E-state index is 0. The number of anilines is 1. The normalized spacial score (nSPS) is 12.0. The number of benzene rings is 1. The summed E-state index contributed by atoms with van der Waals surface area (Å²) in [7, 11) is -1.01. The summed E-state index contributed by atoms with van der Waals surface area (Å²) in [4.78, 5) is 23.3. The van der Waals surface area contributed by atoms with Crippen LogP contribution in [0.1, 0.15) is 10.4 Å². The largest absolute Gasteiger partial charge is 0.465 e. The van der Waals surface area contributed by atoms with E-state index in [9.17, 15) is 18.0 Å². The van der Waals surface area contributed by atoms with Gasteiger partial charge in [0.25, 0.3) is 0 Å². The van der Waals surface area contributed by atoms with E-state index in [1.165, 1.54) is 32.4 Å². The molecule has 0 heterocycles. The van der Waals surface area contributed by atoms with Crippen LogP contribution in [0, 0.1) is 0 Å². The van der Waals surface area contributed by atoms with Gasteiger partial charge in [-0.1, -0.05) is 0 Å². The number of carbonyl (C=O) groups is 2. The monoisotopic (exact) mass is 366 g/mol. The summed E-state index contributed by atoms with van der Waals surface area (Å²) in [5.74, 6) is -1.29. The molecule has 0 saturated heterocycles. The second kappa shape index (κ2) is 8.82. The minimum Gasteiger partial charge on any atom is -0.465 e. The van der Waals surface area contributed by atoms with Crippen molar-refractivity contribution < 1.29 is 27.5 Å². The Bertz CT molecular complexity index is 677. The number of carbonyl (C=O) groups excluding carboxylic acids is 2. The number of hydrogen-bond donors (Lipinski definition) is 2. The van der Waals surface area contributed by atoms with Crippen LogP contribution in [-0.4, -0.2) is 53.4 Å². The standard InChI is InChI=1S/C13H18N2O6S.ClH/c1-20-7-11(14)12(16)15-9-4-8(13(17)21-2)5-10(6-9)22(3,18)19;/h4-6,11H,7,14H2,1-3H3,(H,15,16);1H. The number of halogens is 1. The highest BCUT2D eigenvalue weighted by atomic mass is 35.5. The highest BCUT2D eigenvalue weighted by Gasteiger charge is 2.18. The van der Waals surface area contributed by atoms with Crippen LogP contribution in [0.5, 0.6) is 0 Å². The third-order valence-corrected chi connectivity index (χ3v) is 3.80. The maximum absolute atomic E-state index is 11.8. The van der Waals surface area contributed by atoms with E-state index in [0.717, 1.165) is 6.26 Å². The molecule has 1 amide bonds. The third-order valence-electron chi connectivity index (χ3n) is 2.71. The first kappa shape index (κ1) is 21.3. The Hall–Kier alpha value is -1.68. The second-order valence-electron chi connectivity index (χ2n) is 4.56. The third kappa shape index (κ3) is 6.14. The molecule has 0 radical (unpaired) electrons. The molecule has 1 rings (SSSR count). The minimum atomic E-state index is -3.57. The zero-order valence-electron chi connectivity index (χ0n) is 12.9. The van der Waals surface area contributed by atoms with Crippen molar-refractivity contribution in [2.24, 2.45) is 5.73 Å². The highest BCUT2D eigenvalue weighted by Crippen LogP contribution is 2.20. The fourth-order valence-corrected chi connectivity index (χ4v) is 2.29. The Balaban J connectivity index is 0.00000484. The molecule has 1 aromatic carbocycles. The predicted molar refractivity (Wildman–Crippen MR) is 86.6 cm³/mol. The van der Waals surface area contributed by atoms with Crippen molar-refractivity contribution in [2.45, 2.75) is 10.9 Å². The summed E-state index contributed by atoms with van der Waals surface area (Å²) in [6, 6.07) is 2.79. The van der Waals surface area contributed by atoms with E-state index in [2.05, 4.69) is 10.1 Å². The number of amides is 1. The quantitative estimate of drug-likeness (QED) is 0.689. The average molecular weight is 367 g/mol. The average Bonchev–Trinajstić information content (AvgIpc) is 2.45. The number of rotatable bonds is 6. The van der Waals surface area contributed by atoms with Crippen LogP contribution in [0.3, 0.4) is 0 Å². The molecule has 1 atom stereocenters. The number of esters is 1. The molecule has 1 unspecified atom stereocenters. The number of methoxy groups -OCH3 is 2. The summed E-state index contributed by atoms with van der Waals surface area (Å²) in [6.07, 6.45) is 0.992. The molecule has 130 valence electrons. The number of hydrogen-bond acceptors (Lipinski definition) is 7. The first-order valence-corrected chi connectivity index (χ1v) is 8.07. The molecule has 1 aromatic rings. The molecule has 0 bridgehead atoms. The lowest BCUT2D eigenvalue weighted by atomic mass is 10.2. The van der Waals surface area contributed by atoms with Gasteiger partial charge in [-0.3, -0.25) is 4.79 Å². The Morgan fingerprint density at radius 1 is 1.26 bits per heavy atom. The smallest absolute Gasteiger partial charge is 0.337 e. The van der Waals surface area contributed by atoms with E-state index in [4.69, 9.17) is 10.5 Å². The highest BCUT2D eigenvalue weighted by molar-refractivity contribution is 7.90. The van der Waals surface area contributed by atoms with E-state index in [1.54, 1.807) is 0 Å². The zero-order valence-corrected chi connectivity index (χ0v) is 14.5. The first-order valence-electron chi connectivity index (χ1n) is 6.18. The lowest BCUT2D eigenvalue weighted by molar-refractivity contribution is -0.118. The molecule has 3 N–H and O–H groups in total. The van der Waals surface area contributed by atoms with Gasteiger partial charge in [0.15, 0.2) is 9.84 Å². The van der Waals surface area contributed by atoms with Crippen molar-refractivity contribution in [3.63, 3.8) is 0 Å². The lowest BCUT2D eigenvalue weighted by Crippen LogP contribution is -2.39. The van der Waals surface area contributed by atoms with Gasteiger partial charge >= 0.3 is 5.97 Å². The van der Waals surface area contributed by atoms with Crippen LogP contribution < -0.4 is 11.1 Å². The van der Waals surface area contributed by atoms with Gasteiger partial charge in [-0.25, -0.2) is 13.2 Å². The zero-order chi connectivity index (χ0) is 16.9. The van der Waals surface area contributed by atoms with Crippen molar-refractivity contribution in [2.75, 3.05) is 32.4 Å². The molecular weight excluding hydrogens is 348 g/mol. The lowest BCUT2D eigenvalue weighted by Gasteiger charge is -2.13. The molecule has 10 heteroatoms. The fraction of sp³-hybridized carbons (Fsp3) is 0.385. The van der Waals surface area contributed by atoms with E-state index in [0.29, 0.717) is 0 Å². The van der Waals surface area contributed by atoms with Gasteiger partial charge in [-0.2, -0.15) is 0 Å². The van der Waals surface area contributed by atoms with Crippen molar-refractivity contribution in [1.29, 1.82) is 0 Å². The van der Waals surface area contributed by atoms with Crippen LogP contribution in [0.15, 0.2) is 23.1 Å². The molecular formula is C13H19ClN2O6S.